The molecular formula is C48H55ClF2N12O5. The summed E-state index contributed by atoms with van der Waals surface area (Å²) < 4.78 is 37.5. The zero-order valence-electron chi connectivity index (χ0n) is 38.9. The van der Waals surface area contributed by atoms with Gasteiger partial charge in [0.05, 0.1) is 17.7 Å². The van der Waals surface area contributed by atoms with Crippen LogP contribution in [0.4, 0.5) is 20.4 Å². The number of amides is 3. The van der Waals surface area contributed by atoms with E-state index in [0.717, 1.165) is 41.6 Å². The fourth-order valence-electron chi connectivity index (χ4n) is 7.43. The molecule has 0 radical (unpaired) electrons. The van der Waals surface area contributed by atoms with Crippen molar-refractivity contribution in [2.45, 2.75) is 91.9 Å². The number of anilines is 2. The van der Waals surface area contributed by atoms with Gasteiger partial charge in [-0.2, -0.15) is 0 Å². The number of hydrogen-bond acceptors (Lipinski definition) is 12. The molecule has 6 heterocycles. The summed E-state index contributed by atoms with van der Waals surface area (Å²) in [6.45, 7) is 12.8. The number of ether oxygens (including phenoxy) is 1. The first-order valence-electron chi connectivity index (χ1n) is 22.3. The maximum atomic E-state index is 14.8. The molecule has 2 aromatic carbocycles. The van der Waals surface area contributed by atoms with E-state index in [9.17, 15) is 28.0 Å². The number of nitrogens with one attached hydrogen (secondary N) is 3. The predicted octanol–water partition coefficient (Wildman–Crippen LogP) is 7.74. The SMILES string of the molecule is CC(C)n1cnnc1-c1cccc(NC(=O)c2cc3c(cc2F)CCNC3)n1.CCCC(=O)N1CCc2cc(F)c(C(=O)Nc3cccc(-c4nncn4C(C)C)n3)cc2C1.COCCC(=O)Cl. The van der Waals surface area contributed by atoms with Crippen molar-refractivity contribution in [2.75, 3.05) is 37.4 Å². The molecule has 20 heteroatoms. The molecule has 0 spiro atoms. The summed E-state index contributed by atoms with van der Waals surface area (Å²) in [4.78, 5) is 58.4. The monoisotopic (exact) mass is 952 g/mol. The number of pyridine rings is 2. The van der Waals surface area contributed by atoms with E-state index in [1.54, 1.807) is 66.1 Å². The Bertz CT molecular complexity index is 2740. The summed E-state index contributed by atoms with van der Waals surface area (Å²) in [5, 5.41) is 24.4. The Balaban J connectivity index is 0.000000198. The van der Waals surface area contributed by atoms with Crippen molar-refractivity contribution >= 4 is 46.2 Å². The van der Waals surface area contributed by atoms with E-state index in [-0.39, 0.29) is 40.2 Å². The van der Waals surface area contributed by atoms with Crippen molar-refractivity contribution in [3.8, 4) is 23.0 Å². The minimum atomic E-state index is -0.595. The van der Waals surface area contributed by atoms with E-state index >= 15 is 0 Å². The molecule has 3 amide bonds. The summed E-state index contributed by atoms with van der Waals surface area (Å²) in [5.41, 5.74) is 4.59. The Morgan fingerprint density at radius 3 is 1.76 bits per heavy atom. The molecule has 6 aromatic rings. The number of carbonyl (C=O) groups excluding carboxylic acids is 4. The smallest absolute Gasteiger partial charge is 0.259 e. The fourth-order valence-corrected chi connectivity index (χ4v) is 7.51. The molecule has 4 aromatic heterocycles. The molecule has 68 heavy (non-hydrogen) atoms. The van der Waals surface area contributed by atoms with Crippen molar-refractivity contribution < 1.29 is 32.7 Å². The highest BCUT2D eigenvalue weighted by molar-refractivity contribution is 6.63. The third kappa shape index (κ3) is 13.0. The van der Waals surface area contributed by atoms with Gasteiger partial charge in [0.15, 0.2) is 11.6 Å². The average molecular weight is 953 g/mol. The highest BCUT2D eigenvalue weighted by Crippen LogP contribution is 2.26. The van der Waals surface area contributed by atoms with Crippen LogP contribution in [0, 0.1) is 11.6 Å². The number of fused-ring (bicyclic) bond motifs is 2. The van der Waals surface area contributed by atoms with E-state index < -0.39 is 23.4 Å². The average Bonchev–Trinajstić information content (AvgIpc) is 4.03. The van der Waals surface area contributed by atoms with Gasteiger partial charge in [-0.3, -0.25) is 19.2 Å². The van der Waals surface area contributed by atoms with Crippen LogP contribution in [-0.4, -0.2) is 94.2 Å². The van der Waals surface area contributed by atoms with Gasteiger partial charge in [-0.05, 0) is 136 Å². The molecule has 0 aliphatic carbocycles. The Morgan fingerprint density at radius 2 is 1.28 bits per heavy atom. The van der Waals surface area contributed by atoms with Crippen LogP contribution >= 0.6 is 11.6 Å². The van der Waals surface area contributed by atoms with Gasteiger partial charge in [-0.25, -0.2) is 18.7 Å². The Hall–Kier alpha value is -6.83. The van der Waals surface area contributed by atoms with Crippen molar-refractivity contribution in [3.63, 3.8) is 0 Å². The van der Waals surface area contributed by atoms with E-state index in [1.165, 1.54) is 19.2 Å². The normalized spacial score (nSPS) is 12.8. The van der Waals surface area contributed by atoms with Gasteiger partial charge in [0.2, 0.25) is 11.1 Å². The molecule has 0 fully saturated rings. The quantitative estimate of drug-likeness (QED) is 0.0952. The molecule has 0 saturated heterocycles. The van der Waals surface area contributed by atoms with E-state index in [4.69, 9.17) is 11.6 Å². The lowest BCUT2D eigenvalue weighted by atomic mass is 9.96. The van der Waals surface area contributed by atoms with Crippen molar-refractivity contribution in [1.29, 1.82) is 0 Å². The molecule has 2 aliphatic rings. The van der Waals surface area contributed by atoms with E-state index in [1.807, 2.05) is 43.8 Å². The summed E-state index contributed by atoms with van der Waals surface area (Å²) >= 11 is 4.94. The lowest BCUT2D eigenvalue weighted by Crippen LogP contribution is -2.36. The number of aromatic nitrogens is 8. The summed E-state index contributed by atoms with van der Waals surface area (Å²) in [5.74, 6) is -0.347. The van der Waals surface area contributed by atoms with Gasteiger partial charge in [-0.15, -0.1) is 20.4 Å². The van der Waals surface area contributed by atoms with Gasteiger partial charge in [0, 0.05) is 51.7 Å². The first-order valence-corrected chi connectivity index (χ1v) is 22.7. The topological polar surface area (TPSA) is 204 Å². The predicted molar refractivity (Wildman–Crippen MR) is 253 cm³/mol. The maximum absolute atomic E-state index is 14.8. The minimum absolute atomic E-state index is 0.0139. The second kappa shape index (κ2) is 23.8. The molecule has 0 atom stereocenters. The van der Waals surface area contributed by atoms with Crippen LogP contribution < -0.4 is 16.0 Å². The molecule has 17 nitrogen and oxygen atoms in total. The van der Waals surface area contributed by atoms with Gasteiger partial charge >= 0.3 is 0 Å². The van der Waals surface area contributed by atoms with Crippen molar-refractivity contribution in [1.82, 2.24) is 49.7 Å². The zero-order valence-corrected chi connectivity index (χ0v) is 39.6. The standard InChI is InChI=1S/C24H27FN6O2.C20H21FN6O.C4H7ClO2/c1-4-6-22(32)30-10-9-16-12-19(25)18(11-17(16)13-30)24(33)28-21-8-5-7-20(27-21)23-29-26-14-31(23)15(2)3;1-12(2)27-11-23-26-19(27)17-4-3-5-18(24-17)25-20(28)15-8-14-10-22-7-6-13(14)9-16(15)21;1-7-3-2-4(5)6/h5,7-8,11-12,14-15H,4,6,9-10,13H2,1-3H3,(H,27,28,33);3-5,8-9,11-12,22H,6-7,10H2,1-2H3,(H,24,25,28);2-3H2,1H3. The second-order valence-corrected chi connectivity index (χ2v) is 17.0. The van der Waals surface area contributed by atoms with Gasteiger partial charge in [0.25, 0.3) is 11.8 Å². The van der Waals surface area contributed by atoms with Crippen LogP contribution in [0.25, 0.3) is 23.0 Å². The number of rotatable bonds is 13. The van der Waals surface area contributed by atoms with Crippen LogP contribution in [0.15, 0.2) is 73.3 Å². The number of benzene rings is 2. The number of hydrogen-bond donors (Lipinski definition) is 3. The molecule has 8 rings (SSSR count). The highest BCUT2D eigenvalue weighted by Gasteiger charge is 2.25. The van der Waals surface area contributed by atoms with Crippen LogP contribution in [-0.2, 0) is 40.3 Å². The van der Waals surface area contributed by atoms with Crippen LogP contribution in [0.5, 0.6) is 0 Å². The third-order valence-corrected chi connectivity index (χ3v) is 11.2. The van der Waals surface area contributed by atoms with Crippen LogP contribution in [0.2, 0.25) is 0 Å². The summed E-state index contributed by atoms with van der Waals surface area (Å²) in [7, 11) is 1.53. The molecule has 358 valence electrons. The van der Waals surface area contributed by atoms with Gasteiger partial charge in [0.1, 0.15) is 47.3 Å². The van der Waals surface area contributed by atoms with E-state index in [0.29, 0.717) is 74.4 Å². The molecular weight excluding hydrogens is 898 g/mol. The fraction of sp³-hybridized carbons (Fsp3) is 0.375. The maximum Gasteiger partial charge on any atom is 0.259 e. The zero-order chi connectivity index (χ0) is 48.9. The minimum Gasteiger partial charge on any atom is -0.384 e. The van der Waals surface area contributed by atoms with Crippen LogP contribution in [0.1, 0.15) is 109 Å². The Morgan fingerprint density at radius 1 is 0.750 bits per heavy atom. The lowest BCUT2D eigenvalue weighted by Gasteiger charge is -2.29. The van der Waals surface area contributed by atoms with Crippen molar-refractivity contribution in [2.24, 2.45) is 0 Å². The largest absolute Gasteiger partial charge is 0.384 e. The molecule has 0 saturated carbocycles. The third-order valence-electron chi connectivity index (χ3n) is 11.0. The number of nitrogens with zero attached hydrogens (tertiary/aromatic N) is 9. The van der Waals surface area contributed by atoms with Crippen LogP contribution in [0.3, 0.4) is 0 Å². The molecule has 0 unspecified atom stereocenters. The number of halogens is 3. The lowest BCUT2D eigenvalue weighted by molar-refractivity contribution is -0.132. The van der Waals surface area contributed by atoms with Gasteiger partial charge < -0.3 is 34.7 Å². The van der Waals surface area contributed by atoms with Crippen molar-refractivity contribution in [3.05, 3.63) is 118 Å². The second-order valence-electron chi connectivity index (χ2n) is 16.6. The Kier molecular flexibility index (Phi) is 17.7. The van der Waals surface area contributed by atoms with Gasteiger partial charge in [-0.1, -0.05) is 19.1 Å². The summed E-state index contributed by atoms with van der Waals surface area (Å²) in [6.07, 6.45) is 6.17. The first kappa shape index (κ1) is 50.6. The summed E-state index contributed by atoms with van der Waals surface area (Å²) in [6, 6.07) is 16.7. The Labute approximate surface area is 398 Å². The molecule has 2 aliphatic heterocycles. The van der Waals surface area contributed by atoms with E-state index in [2.05, 4.69) is 51.0 Å². The molecule has 0 bridgehead atoms. The highest BCUT2D eigenvalue weighted by atomic mass is 35.5. The first-order chi connectivity index (χ1) is 32.7. The number of carbonyl (C=O) groups is 4. The molecule has 3 N–H and O–H groups in total. The number of methoxy groups -OCH3 is 1.